The zero-order valence-electron chi connectivity index (χ0n) is 12.4. The fourth-order valence-corrected chi connectivity index (χ4v) is 3.96. The molecule has 0 fully saturated rings. The van der Waals surface area contributed by atoms with Crippen LogP contribution in [0.1, 0.15) is 32.3 Å². The van der Waals surface area contributed by atoms with Crippen LogP contribution in [0.15, 0.2) is 24.5 Å². The van der Waals surface area contributed by atoms with Gasteiger partial charge in [-0.25, -0.2) is 0 Å². The van der Waals surface area contributed by atoms with E-state index < -0.39 is 19.2 Å². The second-order valence-corrected chi connectivity index (χ2v) is 6.70. The van der Waals surface area contributed by atoms with E-state index in [1.807, 2.05) is 12.1 Å². The first-order chi connectivity index (χ1) is 10.0. The van der Waals surface area contributed by atoms with Crippen LogP contribution in [0.5, 0.6) is 0 Å². The summed E-state index contributed by atoms with van der Waals surface area (Å²) in [5.41, 5.74) is -0.113. The molecular formula is C14H22NO5P. The molecule has 1 heterocycles. The van der Waals surface area contributed by atoms with Crippen LogP contribution >= 0.6 is 7.60 Å². The van der Waals surface area contributed by atoms with E-state index in [9.17, 15) is 14.5 Å². The molecule has 0 aliphatic rings. The van der Waals surface area contributed by atoms with E-state index in [2.05, 4.69) is 4.98 Å². The molecule has 1 N–H and O–H groups in total. The van der Waals surface area contributed by atoms with Crippen LogP contribution in [0.25, 0.3) is 0 Å². The maximum absolute atomic E-state index is 12.6. The fourth-order valence-electron chi connectivity index (χ4n) is 2.04. The zero-order valence-corrected chi connectivity index (χ0v) is 13.3. The van der Waals surface area contributed by atoms with Crippen LogP contribution in [0, 0.1) is 0 Å². The molecule has 1 aromatic heterocycles. The summed E-state index contributed by atoms with van der Waals surface area (Å²) in [7, 11) is -3.62. The van der Waals surface area contributed by atoms with E-state index in [0.717, 1.165) is 5.56 Å². The van der Waals surface area contributed by atoms with Crippen LogP contribution in [-0.4, -0.2) is 34.9 Å². The Balaban J connectivity index is 2.68. The lowest BCUT2D eigenvalue weighted by atomic mass is 10.1. The second kappa shape index (κ2) is 8.93. The van der Waals surface area contributed by atoms with Crippen molar-refractivity contribution < 1.29 is 23.5 Å². The fraction of sp³-hybridized carbons (Fsp3) is 0.571. The number of carboxylic acid groups (broad SMARTS) is 1. The monoisotopic (exact) mass is 315 g/mol. The highest BCUT2D eigenvalue weighted by molar-refractivity contribution is 7.55. The lowest BCUT2D eigenvalue weighted by molar-refractivity contribution is -0.137. The minimum Gasteiger partial charge on any atom is -0.481 e. The number of nitrogens with zero attached hydrogens (tertiary/aromatic N) is 1. The molecule has 1 rings (SSSR count). The van der Waals surface area contributed by atoms with Gasteiger partial charge in [-0.05, 0) is 44.7 Å². The van der Waals surface area contributed by atoms with Crippen LogP contribution in [0.2, 0.25) is 0 Å². The van der Waals surface area contributed by atoms with Gasteiger partial charge in [0.2, 0.25) is 0 Å². The van der Waals surface area contributed by atoms with Gasteiger partial charge in [0.25, 0.3) is 0 Å². The first-order valence-corrected chi connectivity index (χ1v) is 8.65. The van der Waals surface area contributed by atoms with E-state index in [1.54, 1.807) is 26.2 Å². The number of aromatic nitrogens is 1. The minimum absolute atomic E-state index is 0.156. The molecule has 7 heteroatoms. The summed E-state index contributed by atoms with van der Waals surface area (Å²) >= 11 is 0. The molecule has 0 aliphatic carbocycles. The summed E-state index contributed by atoms with van der Waals surface area (Å²) in [4.78, 5) is 15.4. The van der Waals surface area contributed by atoms with Crippen molar-refractivity contribution in [2.24, 2.45) is 0 Å². The van der Waals surface area contributed by atoms with Gasteiger partial charge in [-0.1, -0.05) is 6.07 Å². The van der Waals surface area contributed by atoms with Gasteiger partial charge in [0.1, 0.15) is 0 Å². The van der Waals surface area contributed by atoms with Crippen molar-refractivity contribution in [2.75, 3.05) is 13.2 Å². The van der Waals surface area contributed by atoms with Gasteiger partial charge in [-0.2, -0.15) is 0 Å². The maximum Gasteiger partial charge on any atom is 0.344 e. The Hall–Kier alpha value is -1.23. The third-order valence-corrected chi connectivity index (χ3v) is 5.43. The van der Waals surface area contributed by atoms with E-state index >= 15 is 0 Å². The van der Waals surface area contributed by atoms with Crippen LogP contribution in [-0.2, 0) is 24.8 Å². The molecule has 21 heavy (non-hydrogen) atoms. The summed E-state index contributed by atoms with van der Waals surface area (Å²) in [6.45, 7) is 3.65. The van der Waals surface area contributed by atoms with Gasteiger partial charge in [0.15, 0.2) is 5.66 Å². The van der Waals surface area contributed by atoms with Crippen molar-refractivity contribution in [3.05, 3.63) is 30.1 Å². The van der Waals surface area contributed by atoms with Crippen molar-refractivity contribution in [2.45, 2.75) is 38.8 Å². The number of hydrogen-bond acceptors (Lipinski definition) is 5. The average molecular weight is 315 g/mol. The Morgan fingerprint density at radius 3 is 2.52 bits per heavy atom. The van der Waals surface area contributed by atoms with Crippen molar-refractivity contribution in [3.8, 4) is 0 Å². The van der Waals surface area contributed by atoms with Gasteiger partial charge < -0.3 is 14.2 Å². The summed E-state index contributed by atoms with van der Waals surface area (Å²) in [5.74, 6) is -1.15. The first-order valence-electron chi connectivity index (χ1n) is 7.04. The normalized spacial score (nSPS) is 13.0. The van der Waals surface area contributed by atoms with E-state index in [1.165, 1.54) is 0 Å². The largest absolute Gasteiger partial charge is 0.481 e. The van der Waals surface area contributed by atoms with Gasteiger partial charge in [-0.3, -0.25) is 14.3 Å². The molecule has 1 aromatic rings. The predicted octanol–water partition coefficient (Wildman–Crippen LogP) is 3.12. The number of hydrogen-bond donors (Lipinski definition) is 1. The van der Waals surface area contributed by atoms with Crippen LogP contribution in [0.4, 0.5) is 0 Å². The van der Waals surface area contributed by atoms with Crippen molar-refractivity contribution in [1.82, 2.24) is 4.98 Å². The molecule has 118 valence electrons. The van der Waals surface area contributed by atoms with E-state index in [4.69, 9.17) is 9.05 Å². The molecule has 0 radical (unpaired) electrons. The molecule has 0 aliphatic heterocycles. The quantitative estimate of drug-likeness (QED) is 0.668. The number of carboxylic acids is 1. The molecule has 0 unspecified atom stereocenters. The topological polar surface area (TPSA) is 85.7 Å². The SMILES string of the molecule is CCOP(=O)(OCC)[C@@H](CCCc1cccnc1)C(=O)O. The molecule has 0 saturated carbocycles. The summed E-state index contributed by atoms with van der Waals surface area (Å²) < 4.78 is 22.8. The van der Waals surface area contributed by atoms with Crippen molar-refractivity contribution in [3.63, 3.8) is 0 Å². The Labute approximate surface area is 125 Å². The third-order valence-electron chi connectivity index (χ3n) is 2.95. The highest BCUT2D eigenvalue weighted by Crippen LogP contribution is 2.54. The minimum atomic E-state index is -3.62. The Bertz CT molecular complexity index is 470. The molecule has 0 bridgehead atoms. The van der Waals surface area contributed by atoms with E-state index in [0.29, 0.717) is 12.8 Å². The number of carbonyl (C=O) groups is 1. The summed E-state index contributed by atoms with van der Waals surface area (Å²) in [6.07, 6.45) is 4.91. The molecule has 0 saturated heterocycles. The Morgan fingerprint density at radius 2 is 2.05 bits per heavy atom. The molecule has 6 nitrogen and oxygen atoms in total. The van der Waals surface area contributed by atoms with Crippen LogP contribution < -0.4 is 0 Å². The number of pyridine rings is 1. The highest BCUT2D eigenvalue weighted by atomic mass is 31.2. The van der Waals surface area contributed by atoms with Gasteiger partial charge >= 0.3 is 13.6 Å². The summed E-state index contributed by atoms with van der Waals surface area (Å²) in [6, 6.07) is 3.75. The molecule has 0 spiro atoms. The number of rotatable bonds is 10. The second-order valence-electron chi connectivity index (χ2n) is 4.48. The molecule has 1 atom stereocenters. The van der Waals surface area contributed by atoms with Crippen LogP contribution in [0.3, 0.4) is 0 Å². The third kappa shape index (κ3) is 5.58. The lowest BCUT2D eigenvalue weighted by Gasteiger charge is -2.23. The van der Waals surface area contributed by atoms with Gasteiger partial charge in [-0.15, -0.1) is 0 Å². The lowest BCUT2D eigenvalue weighted by Crippen LogP contribution is -2.23. The first kappa shape index (κ1) is 17.8. The smallest absolute Gasteiger partial charge is 0.344 e. The maximum atomic E-state index is 12.6. The zero-order chi connectivity index (χ0) is 15.7. The average Bonchev–Trinajstić information content (AvgIpc) is 2.44. The Kier molecular flexibility index (Phi) is 7.57. The van der Waals surface area contributed by atoms with Gasteiger partial charge in [0.05, 0.1) is 13.2 Å². The van der Waals surface area contributed by atoms with Crippen molar-refractivity contribution >= 4 is 13.6 Å². The predicted molar refractivity (Wildman–Crippen MR) is 79.5 cm³/mol. The molecular weight excluding hydrogens is 293 g/mol. The molecule has 0 amide bonds. The number of aliphatic carboxylic acids is 1. The van der Waals surface area contributed by atoms with Crippen molar-refractivity contribution in [1.29, 1.82) is 0 Å². The highest BCUT2D eigenvalue weighted by Gasteiger charge is 2.40. The standard InChI is InChI=1S/C14H22NO5P/c1-3-19-21(18,20-4-2)13(14(16)17)9-5-7-12-8-6-10-15-11-12/h6,8,10-11,13H,3-5,7,9H2,1-2H3,(H,16,17)/t13-/m0/s1. The number of aryl methyl sites for hydroxylation is 1. The van der Waals surface area contributed by atoms with Gasteiger partial charge in [0, 0.05) is 12.4 Å². The molecule has 0 aromatic carbocycles. The summed E-state index contributed by atoms with van der Waals surface area (Å²) in [5, 5.41) is 9.31. The Morgan fingerprint density at radius 1 is 1.38 bits per heavy atom. The van der Waals surface area contributed by atoms with E-state index in [-0.39, 0.29) is 19.6 Å².